The summed E-state index contributed by atoms with van der Waals surface area (Å²) in [6, 6.07) is 5.11. The van der Waals surface area contributed by atoms with Gasteiger partial charge in [-0.3, -0.25) is 0 Å². The maximum absolute atomic E-state index is 9.29. The number of nitrogens with zero attached hydrogens (tertiary/aromatic N) is 1. The minimum atomic E-state index is 0.106. The monoisotopic (exact) mass is 203 g/mol. The van der Waals surface area contributed by atoms with Crippen molar-refractivity contribution in [3.63, 3.8) is 0 Å². The standard InChI is InChI=1S/C11H13N3O/c1-2-11-13-6-9(14-11)7-3-4-10(15)8(12)5-7/h3-6,15H,2,12H2,1H3,(H,13,14). The molecule has 0 amide bonds. The lowest BCUT2D eigenvalue weighted by atomic mass is 10.1. The molecule has 0 saturated heterocycles. The molecule has 1 aromatic heterocycles. The minimum Gasteiger partial charge on any atom is -0.506 e. The Labute approximate surface area is 87.8 Å². The molecule has 4 nitrogen and oxygen atoms in total. The van der Waals surface area contributed by atoms with Gasteiger partial charge in [-0.05, 0) is 18.2 Å². The lowest BCUT2D eigenvalue weighted by molar-refractivity contribution is 0.478. The number of aromatic hydroxyl groups is 1. The third kappa shape index (κ3) is 1.79. The molecule has 0 bridgehead atoms. The number of nitrogens with one attached hydrogen (secondary N) is 1. The Balaban J connectivity index is 2.40. The van der Waals surface area contributed by atoms with E-state index >= 15 is 0 Å². The molecular formula is C11H13N3O. The lowest BCUT2D eigenvalue weighted by Crippen LogP contribution is -1.87. The first-order valence-corrected chi connectivity index (χ1v) is 4.83. The van der Waals surface area contributed by atoms with E-state index in [9.17, 15) is 5.11 Å². The number of nitrogens with two attached hydrogens (primary N) is 1. The Kier molecular flexibility index (Phi) is 2.33. The molecule has 15 heavy (non-hydrogen) atoms. The number of aromatic nitrogens is 2. The van der Waals surface area contributed by atoms with Crippen LogP contribution in [-0.2, 0) is 6.42 Å². The molecule has 4 heteroatoms. The Morgan fingerprint density at radius 1 is 1.47 bits per heavy atom. The fraction of sp³-hybridized carbons (Fsp3) is 0.182. The fourth-order valence-electron chi connectivity index (χ4n) is 1.41. The van der Waals surface area contributed by atoms with Gasteiger partial charge in [0.25, 0.3) is 0 Å². The summed E-state index contributed by atoms with van der Waals surface area (Å²) in [4.78, 5) is 7.38. The van der Waals surface area contributed by atoms with E-state index in [0.717, 1.165) is 23.5 Å². The zero-order valence-electron chi connectivity index (χ0n) is 8.49. The van der Waals surface area contributed by atoms with Crippen molar-refractivity contribution in [2.75, 3.05) is 5.73 Å². The molecule has 0 aliphatic carbocycles. The molecule has 1 heterocycles. The summed E-state index contributed by atoms with van der Waals surface area (Å²) in [5.41, 5.74) is 7.83. The summed E-state index contributed by atoms with van der Waals surface area (Å²) in [5, 5.41) is 9.29. The number of benzene rings is 1. The molecule has 78 valence electrons. The highest BCUT2D eigenvalue weighted by Gasteiger charge is 2.04. The van der Waals surface area contributed by atoms with Gasteiger partial charge in [0.15, 0.2) is 0 Å². The van der Waals surface area contributed by atoms with Crippen LogP contribution in [0.1, 0.15) is 12.7 Å². The zero-order chi connectivity index (χ0) is 10.8. The van der Waals surface area contributed by atoms with Crippen molar-refractivity contribution in [3.8, 4) is 17.0 Å². The summed E-state index contributed by atoms with van der Waals surface area (Å²) >= 11 is 0. The van der Waals surface area contributed by atoms with E-state index < -0.39 is 0 Å². The van der Waals surface area contributed by atoms with Crippen molar-refractivity contribution in [2.45, 2.75) is 13.3 Å². The number of H-pyrrole nitrogens is 1. The summed E-state index contributed by atoms with van der Waals surface area (Å²) in [6.07, 6.45) is 2.64. The summed E-state index contributed by atoms with van der Waals surface area (Å²) in [7, 11) is 0. The highest BCUT2D eigenvalue weighted by molar-refractivity contribution is 5.67. The number of hydrogen-bond acceptors (Lipinski definition) is 3. The van der Waals surface area contributed by atoms with Crippen LogP contribution in [0, 0.1) is 0 Å². The number of rotatable bonds is 2. The van der Waals surface area contributed by atoms with Crippen LogP contribution in [0.5, 0.6) is 5.75 Å². The second kappa shape index (κ2) is 3.65. The molecule has 2 rings (SSSR count). The molecule has 0 saturated carbocycles. The van der Waals surface area contributed by atoms with Gasteiger partial charge >= 0.3 is 0 Å². The van der Waals surface area contributed by atoms with E-state index in [-0.39, 0.29) is 5.75 Å². The van der Waals surface area contributed by atoms with E-state index in [0.29, 0.717) is 5.69 Å². The molecule has 0 unspecified atom stereocenters. The number of nitrogen functional groups attached to an aromatic ring is 1. The topological polar surface area (TPSA) is 74.9 Å². The van der Waals surface area contributed by atoms with E-state index in [4.69, 9.17) is 5.73 Å². The van der Waals surface area contributed by atoms with Crippen LogP contribution >= 0.6 is 0 Å². The van der Waals surface area contributed by atoms with Crippen molar-refractivity contribution >= 4 is 5.69 Å². The van der Waals surface area contributed by atoms with Crippen LogP contribution in [0.3, 0.4) is 0 Å². The molecule has 0 aliphatic heterocycles. The van der Waals surface area contributed by atoms with Crippen LogP contribution in [0.25, 0.3) is 11.3 Å². The number of aromatic amines is 1. The third-order valence-corrected chi connectivity index (χ3v) is 2.30. The maximum Gasteiger partial charge on any atom is 0.138 e. The second-order valence-electron chi connectivity index (χ2n) is 3.37. The van der Waals surface area contributed by atoms with Crippen molar-refractivity contribution in [2.24, 2.45) is 0 Å². The quantitative estimate of drug-likeness (QED) is 0.515. The molecule has 0 spiro atoms. The average molecular weight is 203 g/mol. The predicted molar refractivity (Wildman–Crippen MR) is 59.5 cm³/mol. The van der Waals surface area contributed by atoms with Gasteiger partial charge in [0.1, 0.15) is 11.6 Å². The Bertz CT molecular complexity index is 476. The average Bonchev–Trinajstić information content (AvgIpc) is 2.70. The van der Waals surface area contributed by atoms with Gasteiger partial charge in [0.2, 0.25) is 0 Å². The maximum atomic E-state index is 9.29. The zero-order valence-corrected chi connectivity index (χ0v) is 8.49. The first-order chi connectivity index (χ1) is 7.20. The van der Waals surface area contributed by atoms with E-state index in [1.165, 1.54) is 0 Å². The number of anilines is 1. The van der Waals surface area contributed by atoms with Gasteiger partial charge < -0.3 is 15.8 Å². The SMILES string of the molecule is CCc1ncc(-c2ccc(O)c(N)c2)[nH]1. The van der Waals surface area contributed by atoms with Gasteiger partial charge in [-0.15, -0.1) is 0 Å². The van der Waals surface area contributed by atoms with Crippen LogP contribution in [0.15, 0.2) is 24.4 Å². The van der Waals surface area contributed by atoms with E-state index in [1.807, 2.05) is 6.92 Å². The third-order valence-electron chi connectivity index (χ3n) is 2.30. The van der Waals surface area contributed by atoms with Crippen LogP contribution < -0.4 is 5.73 Å². The van der Waals surface area contributed by atoms with Crippen LogP contribution in [0.4, 0.5) is 5.69 Å². The van der Waals surface area contributed by atoms with Gasteiger partial charge in [-0.1, -0.05) is 6.92 Å². The van der Waals surface area contributed by atoms with Crippen molar-refractivity contribution in [1.82, 2.24) is 9.97 Å². The van der Waals surface area contributed by atoms with Crippen molar-refractivity contribution in [3.05, 3.63) is 30.2 Å². The second-order valence-corrected chi connectivity index (χ2v) is 3.37. The van der Waals surface area contributed by atoms with Crippen LogP contribution in [0.2, 0.25) is 0 Å². The molecule has 2 aromatic rings. The van der Waals surface area contributed by atoms with Crippen LogP contribution in [-0.4, -0.2) is 15.1 Å². The number of hydrogen-bond donors (Lipinski definition) is 3. The first kappa shape index (κ1) is 9.58. The number of phenols is 1. The number of aryl methyl sites for hydroxylation is 1. The Morgan fingerprint density at radius 3 is 2.87 bits per heavy atom. The smallest absolute Gasteiger partial charge is 0.138 e. The fourth-order valence-corrected chi connectivity index (χ4v) is 1.41. The molecule has 4 N–H and O–H groups in total. The lowest BCUT2D eigenvalue weighted by Gasteiger charge is -2.01. The summed E-state index contributed by atoms with van der Waals surface area (Å²) < 4.78 is 0. The first-order valence-electron chi connectivity index (χ1n) is 4.83. The molecule has 0 aliphatic rings. The molecular weight excluding hydrogens is 190 g/mol. The normalized spacial score (nSPS) is 10.5. The largest absolute Gasteiger partial charge is 0.506 e. The highest BCUT2D eigenvalue weighted by Crippen LogP contribution is 2.26. The Hall–Kier alpha value is -1.97. The van der Waals surface area contributed by atoms with Gasteiger partial charge in [0, 0.05) is 12.0 Å². The summed E-state index contributed by atoms with van der Waals surface area (Å²) in [6.45, 7) is 2.04. The van der Waals surface area contributed by atoms with Gasteiger partial charge in [-0.2, -0.15) is 0 Å². The van der Waals surface area contributed by atoms with E-state index in [2.05, 4.69) is 9.97 Å². The van der Waals surface area contributed by atoms with Crippen molar-refractivity contribution < 1.29 is 5.11 Å². The van der Waals surface area contributed by atoms with Gasteiger partial charge in [-0.25, -0.2) is 4.98 Å². The molecule has 0 radical (unpaired) electrons. The Morgan fingerprint density at radius 2 is 2.27 bits per heavy atom. The van der Waals surface area contributed by atoms with Gasteiger partial charge in [0.05, 0.1) is 17.6 Å². The predicted octanol–water partition coefficient (Wildman–Crippen LogP) is 1.93. The number of phenolic OH excluding ortho intramolecular Hbond substituents is 1. The van der Waals surface area contributed by atoms with Crippen molar-refractivity contribution in [1.29, 1.82) is 0 Å². The van der Waals surface area contributed by atoms with E-state index in [1.54, 1.807) is 24.4 Å². The molecule has 1 aromatic carbocycles. The number of imidazole rings is 1. The molecule has 0 atom stereocenters. The highest BCUT2D eigenvalue weighted by atomic mass is 16.3. The molecule has 0 fully saturated rings. The summed E-state index contributed by atoms with van der Waals surface area (Å²) in [5.74, 6) is 1.05. The minimum absolute atomic E-state index is 0.106.